The van der Waals surface area contributed by atoms with E-state index in [1.165, 1.54) is 0 Å². The van der Waals surface area contributed by atoms with Crippen LogP contribution in [-0.2, 0) is 0 Å². The summed E-state index contributed by atoms with van der Waals surface area (Å²) in [7, 11) is 1.84. The van der Waals surface area contributed by atoms with Crippen LogP contribution in [0.15, 0.2) is 52.9 Å². The second-order valence-electron chi connectivity index (χ2n) is 9.14. The molecule has 7 nitrogen and oxygen atoms in total. The minimum atomic E-state index is -0.586. The van der Waals surface area contributed by atoms with Gasteiger partial charge in [0.15, 0.2) is 5.58 Å². The van der Waals surface area contributed by atoms with Crippen LogP contribution >= 0.6 is 0 Å². The topological polar surface area (TPSA) is 98.8 Å². The average molecular weight is 436 g/mol. The quantitative estimate of drug-likeness (QED) is 0.515. The molecule has 2 aliphatic carbocycles. The molecule has 0 radical (unpaired) electrons. The van der Waals surface area contributed by atoms with Gasteiger partial charge in [0, 0.05) is 36.2 Å². The summed E-state index contributed by atoms with van der Waals surface area (Å²) in [6.07, 6.45) is 3.09. The molecule has 1 heterocycles. The molecule has 168 valence electrons. The largest absolute Gasteiger partial charge is 0.436 e. The van der Waals surface area contributed by atoms with Gasteiger partial charge in [-0.2, -0.15) is 0 Å². The number of para-hydroxylation sites is 2. The maximum absolute atomic E-state index is 13.0. The Morgan fingerprint density at radius 3 is 2.59 bits per heavy atom. The highest BCUT2D eigenvalue weighted by Gasteiger charge is 2.36. The van der Waals surface area contributed by atoms with E-state index in [-0.39, 0.29) is 30.0 Å². The van der Waals surface area contributed by atoms with Crippen LogP contribution in [0.4, 0.5) is 0 Å². The van der Waals surface area contributed by atoms with E-state index in [1.54, 1.807) is 4.90 Å². The summed E-state index contributed by atoms with van der Waals surface area (Å²) in [4.78, 5) is 19.4. The van der Waals surface area contributed by atoms with Crippen LogP contribution in [0, 0.1) is 5.92 Å². The monoisotopic (exact) mass is 435 g/mol. The molecule has 2 saturated carbocycles. The zero-order chi connectivity index (χ0) is 22.2. The fourth-order valence-electron chi connectivity index (χ4n) is 4.85. The van der Waals surface area contributed by atoms with Crippen molar-refractivity contribution in [2.24, 2.45) is 5.92 Å². The summed E-state index contributed by atoms with van der Waals surface area (Å²) >= 11 is 0. The number of oxazole rings is 1. The number of hydrogen-bond acceptors (Lipinski definition) is 6. The number of amides is 1. The average Bonchev–Trinajstić information content (AvgIpc) is 3.44. The van der Waals surface area contributed by atoms with Crippen LogP contribution in [0.5, 0.6) is 0 Å². The molecule has 3 atom stereocenters. The molecule has 0 bridgehead atoms. The van der Waals surface area contributed by atoms with E-state index in [2.05, 4.69) is 10.3 Å². The number of aliphatic hydroxyl groups excluding tert-OH is 2. The van der Waals surface area contributed by atoms with Crippen molar-refractivity contribution in [1.29, 1.82) is 0 Å². The molecule has 2 fully saturated rings. The summed E-state index contributed by atoms with van der Waals surface area (Å²) in [5.74, 6) is 0.636. The maximum Gasteiger partial charge on any atom is 0.253 e. The van der Waals surface area contributed by atoms with Gasteiger partial charge in [-0.05, 0) is 68.5 Å². The predicted octanol–water partition coefficient (Wildman–Crippen LogP) is 3.17. The summed E-state index contributed by atoms with van der Waals surface area (Å²) in [5.41, 5.74) is 3.00. The molecular weight excluding hydrogens is 406 g/mol. The summed E-state index contributed by atoms with van der Waals surface area (Å²) in [6.45, 7) is 0. The number of fused-ring (bicyclic) bond motifs is 1. The smallest absolute Gasteiger partial charge is 0.253 e. The van der Waals surface area contributed by atoms with Crippen molar-refractivity contribution < 1.29 is 19.4 Å². The van der Waals surface area contributed by atoms with Crippen LogP contribution in [0.2, 0.25) is 0 Å². The lowest BCUT2D eigenvalue weighted by Crippen LogP contribution is -2.50. The maximum atomic E-state index is 13.0. The zero-order valence-electron chi connectivity index (χ0n) is 18.1. The molecule has 2 aliphatic rings. The van der Waals surface area contributed by atoms with E-state index >= 15 is 0 Å². The van der Waals surface area contributed by atoms with Gasteiger partial charge >= 0.3 is 0 Å². The van der Waals surface area contributed by atoms with Crippen LogP contribution in [0.1, 0.15) is 42.5 Å². The molecule has 0 spiro atoms. The molecule has 1 unspecified atom stereocenters. The lowest BCUT2D eigenvalue weighted by atomic mass is 9.88. The third kappa shape index (κ3) is 4.16. The Hall–Kier alpha value is -2.74. The molecule has 32 heavy (non-hydrogen) atoms. The van der Waals surface area contributed by atoms with E-state index in [0.29, 0.717) is 24.3 Å². The van der Waals surface area contributed by atoms with Gasteiger partial charge in [-0.3, -0.25) is 10.1 Å². The first-order valence-corrected chi connectivity index (χ1v) is 11.3. The lowest BCUT2D eigenvalue weighted by molar-refractivity contribution is 0.00551. The third-order valence-corrected chi connectivity index (χ3v) is 6.95. The number of rotatable bonds is 6. The molecule has 2 aromatic carbocycles. The fraction of sp³-hybridized carbons (Fsp3) is 0.440. The van der Waals surface area contributed by atoms with E-state index in [1.807, 2.05) is 55.6 Å². The minimum absolute atomic E-state index is 0.0238. The molecule has 3 aromatic rings. The van der Waals surface area contributed by atoms with Crippen molar-refractivity contribution in [3.05, 3.63) is 54.1 Å². The summed E-state index contributed by atoms with van der Waals surface area (Å²) in [5, 5.41) is 23.1. The van der Waals surface area contributed by atoms with Crippen molar-refractivity contribution in [2.75, 3.05) is 7.05 Å². The van der Waals surface area contributed by atoms with E-state index in [0.717, 1.165) is 35.9 Å². The lowest BCUT2D eigenvalue weighted by Gasteiger charge is -2.35. The first-order valence-electron chi connectivity index (χ1n) is 11.3. The van der Waals surface area contributed by atoms with Crippen molar-refractivity contribution in [1.82, 2.24) is 15.2 Å². The number of nitrogens with one attached hydrogen (secondary N) is 1. The Bertz CT molecular complexity index is 1060. The number of carbonyl (C=O) groups excluding carboxylic acids is 1. The Balaban J connectivity index is 1.20. The molecule has 0 saturated heterocycles. The second kappa shape index (κ2) is 8.65. The van der Waals surface area contributed by atoms with E-state index in [4.69, 9.17) is 4.42 Å². The van der Waals surface area contributed by atoms with Crippen molar-refractivity contribution in [2.45, 2.75) is 56.5 Å². The van der Waals surface area contributed by atoms with Gasteiger partial charge in [-0.15, -0.1) is 0 Å². The fourth-order valence-corrected chi connectivity index (χ4v) is 4.85. The van der Waals surface area contributed by atoms with Gasteiger partial charge in [0.25, 0.3) is 5.91 Å². The van der Waals surface area contributed by atoms with Gasteiger partial charge in [0.1, 0.15) is 11.7 Å². The Morgan fingerprint density at radius 2 is 1.88 bits per heavy atom. The standard InChI is InChI=1S/C25H29N3O4/c1-28(19-11-10-17(12-19)23(30)26-18-13-20(29)14-18)25(31)16-8-6-15(7-9-16)24-27-21-4-2-3-5-22(21)32-24/h2-9,17-20,23,26,29-30H,10-14H2,1H3/t17-,18-,19+,20-,23?/m0/s1. The van der Waals surface area contributed by atoms with Crippen LogP contribution < -0.4 is 5.32 Å². The van der Waals surface area contributed by atoms with Gasteiger partial charge in [-0.25, -0.2) is 4.98 Å². The number of nitrogens with zero attached hydrogens (tertiary/aromatic N) is 2. The third-order valence-electron chi connectivity index (χ3n) is 6.95. The SMILES string of the molecule is CN(C(=O)c1ccc(-c2nc3ccccc3o2)cc1)[C@@H]1CC[C@H](C(O)N[C@H]2C[C@H](O)C2)C1. The Labute approximate surface area is 187 Å². The molecule has 7 heteroatoms. The second-order valence-corrected chi connectivity index (χ2v) is 9.14. The molecule has 5 rings (SSSR count). The minimum Gasteiger partial charge on any atom is -0.436 e. The highest BCUT2D eigenvalue weighted by molar-refractivity contribution is 5.94. The molecule has 1 aromatic heterocycles. The van der Waals surface area contributed by atoms with Gasteiger partial charge in [0.2, 0.25) is 5.89 Å². The molecular formula is C25H29N3O4. The number of benzene rings is 2. The molecule has 1 amide bonds. The number of aliphatic hydroxyl groups is 2. The normalized spacial score (nSPS) is 26.1. The van der Waals surface area contributed by atoms with Crippen LogP contribution in [-0.4, -0.2) is 57.5 Å². The van der Waals surface area contributed by atoms with Crippen molar-refractivity contribution >= 4 is 17.0 Å². The van der Waals surface area contributed by atoms with Gasteiger partial charge < -0.3 is 19.5 Å². The summed E-state index contributed by atoms with van der Waals surface area (Å²) < 4.78 is 5.81. The molecule has 3 N–H and O–H groups in total. The van der Waals surface area contributed by atoms with Crippen molar-refractivity contribution in [3.63, 3.8) is 0 Å². The highest BCUT2D eigenvalue weighted by Crippen LogP contribution is 2.33. The first kappa shape index (κ1) is 21.1. The highest BCUT2D eigenvalue weighted by atomic mass is 16.3. The number of hydrogen-bond donors (Lipinski definition) is 3. The van der Waals surface area contributed by atoms with Crippen LogP contribution in [0.3, 0.4) is 0 Å². The van der Waals surface area contributed by atoms with Gasteiger partial charge in [0.05, 0.1) is 6.10 Å². The first-order chi connectivity index (χ1) is 15.5. The van der Waals surface area contributed by atoms with E-state index < -0.39 is 6.23 Å². The summed E-state index contributed by atoms with van der Waals surface area (Å²) in [6, 6.07) is 15.3. The van der Waals surface area contributed by atoms with Crippen molar-refractivity contribution in [3.8, 4) is 11.5 Å². The Morgan fingerprint density at radius 1 is 1.12 bits per heavy atom. The molecule has 0 aliphatic heterocycles. The number of carbonyl (C=O) groups is 1. The number of aromatic nitrogens is 1. The Kier molecular flexibility index (Phi) is 5.71. The van der Waals surface area contributed by atoms with E-state index in [9.17, 15) is 15.0 Å². The zero-order valence-corrected chi connectivity index (χ0v) is 18.1. The predicted molar refractivity (Wildman–Crippen MR) is 121 cm³/mol. The van der Waals surface area contributed by atoms with Gasteiger partial charge in [-0.1, -0.05) is 12.1 Å². The van der Waals surface area contributed by atoms with Crippen LogP contribution in [0.25, 0.3) is 22.6 Å².